The summed E-state index contributed by atoms with van der Waals surface area (Å²) in [7, 11) is 0. The van der Waals surface area contributed by atoms with E-state index in [2.05, 4.69) is 20.5 Å². The lowest BCUT2D eigenvalue weighted by atomic mass is 10.0. The van der Waals surface area contributed by atoms with E-state index in [1.54, 1.807) is 16.2 Å². The molecule has 3 amide bonds. The predicted octanol–water partition coefficient (Wildman–Crippen LogP) is 3.30. The Kier molecular flexibility index (Phi) is 10.9. The molecule has 0 saturated carbocycles. The lowest BCUT2D eigenvalue weighted by Crippen LogP contribution is -2.49. The minimum atomic E-state index is -0.519. The van der Waals surface area contributed by atoms with Crippen LogP contribution < -0.4 is 10.6 Å². The van der Waals surface area contributed by atoms with Gasteiger partial charge in [-0.05, 0) is 70.2 Å². The molecule has 0 spiro atoms. The Hall–Kier alpha value is -2.82. The van der Waals surface area contributed by atoms with E-state index in [0.29, 0.717) is 26.2 Å². The van der Waals surface area contributed by atoms with Gasteiger partial charge in [0, 0.05) is 26.1 Å². The van der Waals surface area contributed by atoms with Gasteiger partial charge in [-0.15, -0.1) is 11.3 Å². The lowest BCUT2D eigenvalue weighted by Gasteiger charge is -2.26. The van der Waals surface area contributed by atoms with Crippen molar-refractivity contribution in [1.29, 1.82) is 0 Å². The average molecular weight is 556 g/mol. The highest BCUT2D eigenvalue weighted by molar-refractivity contribution is 7.13. The highest BCUT2D eigenvalue weighted by Crippen LogP contribution is 2.28. The number of carbonyl (C=O) groups excluding carboxylic acids is 3. The second kappa shape index (κ2) is 14.5. The quantitative estimate of drug-likeness (QED) is 0.368. The maximum atomic E-state index is 13.1. The van der Waals surface area contributed by atoms with E-state index in [4.69, 9.17) is 4.74 Å². The molecule has 2 aromatic rings. The van der Waals surface area contributed by atoms with Crippen molar-refractivity contribution in [1.82, 2.24) is 25.4 Å². The van der Waals surface area contributed by atoms with Crippen LogP contribution in [0.3, 0.4) is 0 Å². The van der Waals surface area contributed by atoms with E-state index in [9.17, 15) is 14.4 Å². The van der Waals surface area contributed by atoms with Gasteiger partial charge < -0.3 is 25.2 Å². The molecule has 212 valence electrons. The zero-order valence-corrected chi connectivity index (χ0v) is 23.9. The summed E-state index contributed by atoms with van der Waals surface area (Å²) in [6.45, 7) is 8.74. The van der Waals surface area contributed by atoms with Crippen molar-refractivity contribution >= 4 is 29.1 Å². The molecule has 2 unspecified atom stereocenters. The molecule has 2 aliphatic heterocycles. The fourth-order valence-electron chi connectivity index (χ4n) is 5.26. The van der Waals surface area contributed by atoms with Crippen LogP contribution in [0.15, 0.2) is 29.8 Å². The summed E-state index contributed by atoms with van der Waals surface area (Å²) in [6, 6.07) is 7.42. The molecule has 1 aromatic carbocycles. The van der Waals surface area contributed by atoms with Gasteiger partial charge in [0.1, 0.15) is 6.04 Å². The van der Waals surface area contributed by atoms with Crippen LogP contribution in [0.4, 0.5) is 0 Å². The van der Waals surface area contributed by atoms with Crippen molar-refractivity contribution in [3.05, 3.63) is 41.0 Å². The van der Waals surface area contributed by atoms with Crippen LogP contribution in [0.2, 0.25) is 0 Å². The number of nitrogens with zero attached hydrogens (tertiary/aromatic N) is 3. The molecule has 2 atom stereocenters. The highest BCUT2D eigenvalue weighted by Gasteiger charge is 2.34. The van der Waals surface area contributed by atoms with Crippen LogP contribution in [-0.4, -0.2) is 84.5 Å². The average Bonchev–Trinajstić information content (AvgIpc) is 3.71. The van der Waals surface area contributed by atoms with Gasteiger partial charge in [-0.1, -0.05) is 24.3 Å². The van der Waals surface area contributed by atoms with Crippen LogP contribution in [0.5, 0.6) is 0 Å². The molecule has 10 heteroatoms. The number of hydrogen-bond donors (Lipinski definition) is 2. The molecule has 2 fully saturated rings. The number of likely N-dealkylation sites (tertiary alicyclic amines) is 2. The standard InChI is InChI=1S/C29H41N5O4S/c1-21(23-8-10-24(11-9-23)28-22(2)31-20-39-28)32-29(37)25-7-5-16-34(25)27(36)19-30-26(35)12-18-38-17-6-15-33-13-3-4-14-33/h8-11,20-21,25H,3-7,12-19H2,1-2H3,(H,30,35)(H,32,37). The van der Waals surface area contributed by atoms with Gasteiger partial charge in [0.2, 0.25) is 17.7 Å². The number of carbonyl (C=O) groups is 3. The van der Waals surface area contributed by atoms with Crippen molar-refractivity contribution in [3.63, 3.8) is 0 Å². The van der Waals surface area contributed by atoms with E-state index < -0.39 is 6.04 Å². The second-order valence-corrected chi connectivity index (χ2v) is 11.3. The zero-order chi connectivity index (χ0) is 27.6. The Morgan fingerprint density at radius 2 is 1.87 bits per heavy atom. The van der Waals surface area contributed by atoms with E-state index >= 15 is 0 Å². The first kappa shape index (κ1) is 29.2. The topological polar surface area (TPSA) is 104 Å². The minimum Gasteiger partial charge on any atom is -0.381 e. The molecule has 2 aliphatic rings. The third-order valence-electron chi connectivity index (χ3n) is 7.52. The third-order valence-corrected chi connectivity index (χ3v) is 8.50. The Morgan fingerprint density at radius 3 is 2.59 bits per heavy atom. The SMILES string of the molecule is Cc1ncsc1-c1ccc(C(C)NC(=O)C2CCCN2C(=O)CNC(=O)CCOCCCN2CCCC2)cc1. The van der Waals surface area contributed by atoms with Gasteiger partial charge in [0.15, 0.2) is 0 Å². The Balaban J connectivity index is 1.16. The number of aromatic nitrogens is 1. The molecule has 0 bridgehead atoms. The number of ether oxygens (including phenoxy) is 1. The summed E-state index contributed by atoms with van der Waals surface area (Å²) in [6.07, 6.45) is 5.14. The Morgan fingerprint density at radius 1 is 1.10 bits per heavy atom. The van der Waals surface area contributed by atoms with Gasteiger partial charge in [-0.2, -0.15) is 0 Å². The monoisotopic (exact) mass is 555 g/mol. The molecular weight excluding hydrogens is 514 g/mol. The Bertz CT molecular complexity index is 1100. The van der Waals surface area contributed by atoms with Crippen LogP contribution >= 0.6 is 11.3 Å². The first-order valence-corrected chi connectivity index (χ1v) is 15.0. The van der Waals surface area contributed by atoms with Gasteiger partial charge in [-0.3, -0.25) is 14.4 Å². The summed E-state index contributed by atoms with van der Waals surface area (Å²) in [5, 5.41) is 5.75. The maximum Gasteiger partial charge on any atom is 0.243 e. The fraction of sp³-hybridized carbons (Fsp3) is 0.586. The number of rotatable bonds is 13. The van der Waals surface area contributed by atoms with E-state index in [1.165, 1.54) is 25.9 Å². The summed E-state index contributed by atoms with van der Waals surface area (Å²) in [5.74, 6) is -0.609. The summed E-state index contributed by atoms with van der Waals surface area (Å²) in [4.78, 5) is 47.6. The molecule has 4 rings (SSSR count). The van der Waals surface area contributed by atoms with Gasteiger partial charge >= 0.3 is 0 Å². The summed E-state index contributed by atoms with van der Waals surface area (Å²) < 4.78 is 5.59. The molecule has 9 nitrogen and oxygen atoms in total. The zero-order valence-electron chi connectivity index (χ0n) is 23.1. The van der Waals surface area contributed by atoms with E-state index in [-0.39, 0.29) is 36.7 Å². The van der Waals surface area contributed by atoms with Crippen LogP contribution in [-0.2, 0) is 19.1 Å². The molecule has 2 saturated heterocycles. The van der Waals surface area contributed by atoms with Crippen LogP contribution in [0.25, 0.3) is 10.4 Å². The van der Waals surface area contributed by atoms with E-state index in [1.807, 2.05) is 43.6 Å². The molecular formula is C29H41N5O4S. The molecule has 0 radical (unpaired) electrons. The number of benzene rings is 1. The van der Waals surface area contributed by atoms with Crippen molar-refractivity contribution < 1.29 is 19.1 Å². The first-order valence-electron chi connectivity index (χ1n) is 14.1. The van der Waals surface area contributed by atoms with Crippen molar-refractivity contribution in [2.45, 2.75) is 64.5 Å². The molecule has 2 N–H and O–H groups in total. The number of amides is 3. The first-order chi connectivity index (χ1) is 18.9. The molecule has 39 heavy (non-hydrogen) atoms. The van der Waals surface area contributed by atoms with E-state index in [0.717, 1.165) is 41.1 Å². The number of thiazole rings is 1. The van der Waals surface area contributed by atoms with Crippen LogP contribution in [0, 0.1) is 6.92 Å². The number of nitrogens with one attached hydrogen (secondary N) is 2. The minimum absolute atomic E-state index is 0.106. The van der Waals surface area contributed by atoms with Crippen molar-refractivity contribution in [2.75, 3.05) is 45.9 Å². The summed E-state index contributed by atoms with van der Waals surface area (Å²) in [5.41, 5.74) is 4.95. The number of aryl methyl sites for hydroxylation is 1. The molecule has 0 aliphatic carbocycles. The fourth-order valence-corrected chi connectivity index (χ4v) is 6.07. The van der Waals surface area contributed by atoms with Gasteiger partial charge in [0.05, 0.1) is 35.3 Å². The smallest absolute Gasteiger partial charge is 0.243 e. The highest BCUT2D eigenvalue weighted by atomic mass is 32.1. The summed E-state index contributed by atoms with van der Waals surface area (Å²) >= 11 is 1.61. The van der Waals surface area contributed by atoms with Gasteiger partial charge in [-0.25, -0.2) is 4.98 Å². The lowest BCUT2D eigenvalue weighted by molar-refractivity contribution is -0.139. The predicted molar refractivity (Wildman–Crippen MR) is 152 cm³/mol. The van der Waals surface area contributed by atoms with Crippen molar-refractivity contribution in [2.24, 2.45) is 0 Å². The largest absolute Gasteiger partial charge is 0.381 e. The van der Waals surface area contributed by atoms with Gasteiger partial charge in [0.25, 0.3) is 0 Å². The normalized spacial score (nSPS) is 18.3. The van der Waals surface area contributed by atoms with Crippen LogP contribution in [0.1, 0.15) is 62.7 Å². The number of hydrogen-bond acceptors (Lipinski definition) is 7. The third kappa shape index (κ3) is 8.33. The Labute approximate surface area is 235 Å². The second-order valence-electron chi connectivity index (χ2n) is 10.4. The molecule has 1 aromatic heterocycles. The van der Waals surface area contributed by atoms with Crippen molar-refractivity contribution in [3.8, 4) is 10.4 Å². The maximum absolute atomic E-state index is 13.1. The molecule has 3 heterocycles.